The zero-order valence-corrected chi connectivity index (χ0v) is 19.8. The van der Waals surface area contributed by atoms with E-state index < -0.39 is 0 Å². The Bertz CT molecular complexity index is 1490. The number of rotatable bonds is 6. The Morgan fingerprint density at radius 3 is 2.62 bits per heavy atom. The van der Waals surface area contributed by atoms with Crippen LogP contribution in [0.2, 0.25) is 5.02 Å². The number of benzene rings is 3. The molecule has 7 heteroatoms. The quantitative estimate of drug-likeness (QED) is 0.339. The van der Waals surface area contributed by atoms with E-state index in [9.17, 15) is 4.79 Å². The molecule has 0 aliphatic rings. The first-order valence-electron chi connectivity index (χ1n) is 11.1. The summed E-state index contributed by atoms with van der Waals surface area (Å²) in [6.07, 6.45) is 3.52. The largest absolute Gasteiger partial charge is 0.319 e. The number of fused-ring (bicyclic) bond motifs is 1. The fraction of sp³-hybridized carbons (Fsp3) is 0.148. The lowest BCUT2D eigenvalue weighted by molar-refractivity contribution is 0.102. The van der Waals surface area contributed by atoms with Gasteiger partial charge in [0.25, 0.3) is 5.91 Å². The maximum atomic E-state index is 12.9. The Balaban J connectivity index is 1.29. The third-order valence-electron chi connectivity index (χ3n) is 5.92. The molecule has 0 aliphatic carbocycles. The zero-order valence-electron chi connectivity index (χ0n) is 19.0. The highest BCUT2D eigenvalue weighted by atomic mass is 35.5. The van der Waals surface area contributed by atoms with E-state index in [2.05, 4.69) is 45.8 Å². The van der Waals surface area contributed by atoms with E-state index in [1.54, 1.807) is 12.3 Å². The summed E-state index contributed by atoms with van der Waals surface area (Å²) in [5.74, 6) is -0.182. The molecule has 0 aliphatic heterocycles. The average Bonchev–Trinajstić information content (AvgIpc) is 3.38. The highest BCUT2D eigenvalue weighted by molar-refractivity contribution is 6.31. The van der Waals surface area contributed by atoms with Crippen molar-refractivity contribution in [1.82, 2.24) is 19.6 Å². The second kappa shape index (κ2) is 9.15. The van der Waals surface area contributed by atoms with Crippen molar-refractivity contribution in [3.8, 4) is 0 Å². The summed E-state index contributed by atoms with van der Waals surface area (Å²) in [6, 6.07) is 22.1. The predicted molar refractivity (Wildman–Crippen MR) is 135 cm³/mol. The fourth-order valence-electron chi connectivity index (χ4n) is 4.14. The van der Waals surface area contributed by atoms with Crippen molar-refractivity contribution in [3.63, 3.8) is 0 Å². The van der Waals surface area contributed by atoms with Crippen molar-refractivity contribution in [1.29, 1.82) is 0 Å². The monoisotopic (exact) mass is 469 g/mol. The van der Waals surface area contributed by atoms with Gasteiger partial charge in [0.1, 0.15) is 0 Å². The zero-order chi connectivity index (χ0) is 23.7. The first-order chi connectivity index (χ1) is 16.5. The number of aryl methyl sites for hydroxylation is 1. The van der Waals surface area contributed by atoms with Gasteiger partial charge in [-0.2, -0.15) is 10.2 Å². The maximum Gasteiger partial charge on any atom is 0.255 e. The Hall–Kier alpha value is -3.90. The summed E-state index contributed by atoms with van der Waals surface area (Å²) < 4.78 is 3.69. The maximum absolute atomic E-state index is 12.9. The van der Waals surface area contributed by atoms with Crippen molar-refractivity contribution >= 4 is 34.0 Å². The van der Waals surface area contributed by atoms with Gasteiger partial charge in [-0.05, 0) is 47.9 Å². The Morgan fingerprint density at radius 2 is 1.79 bits per heavy atom. The van der Waals surface area contributed by atoms with Crippen LogP contribution >= 0.6 is 11.6 Å². The topological polar surface area (TPSA) is 64.7 Å². The Labute approximate surface area is 202 Å². The molecule has 0 fully saturated rings. The Kier molecular flexibility index (Phi) is 5.90. The van der Waals surface area contributed by atoms with Crippen molar-refractivity contribution in [2.75, 3.05) is 5.32 Å². The molecule has 6 nitrogen and oxygen atoms in total. The van der Waals surface area contributed by atoms with E-state index in [-0.39, 0.29) is 5.91 Å². The molecule has 0 atom stereocenters. The molecule has 0 radical (unpaired) electrons. The number of nitrogens with one attached hydrogen (secondary N) is 1. The van der Waals surface area contributed by atoms with Crippen LogP contribution < -0.4 is 5.32 Å². The third kappa shape index (κ3) is 4.45. The van der Waals surface area contributed by atoms with E-state index in [4.69, 9.17) is 11.6 Å². The standard InChI is InChI=1S/C27H24ClN5O/c1-18-26(28)19(2)33(31-18)15-20-7-5-10-22(13-20)27(34)30-24-14-29-32(17-24)16-23-11-6-9-21-8-3-4-12-25(21)23/h3-14,17H,15-16H2,1-2H3,(H,30,34). The molecule has 3 aromatic carbocycles. The summed E-state index contributed by atoms with van der Waals surface area (Å²) in [7, 11) is 0. The van der Waals surface area contributed by atoms with Crippen LogP contribution in [0.5, 0.6) is 0 Å². The second-order valence-electron chi connectivity index (χ2n) is 8.36. The molecule has 5 rings (SSSR count). The molecule has 0 unspecified atom stereocenters. The smallest absolute Gasteiger partial charge is 0.255 e. The summed E-state index contributed by atoms with van der Waals surface area (Å²) in [5, 5.41) is 14.9. The molecule has 0 spiro atoms. The molecule has 2 heterocycles. The molecule has 1 amide bonds. The molecule has 170 valence electrons. The van der Waals surface area contributed by atoms with Crippen molar-refractivity contribution < 1.29 is 4.79 Å². The van der Waals surface area contributed by atoms with Crippen LogP contribution in [-0.4, -0.2) is 25.5 Å². The van der Waals surface area contributed by atoms with Gasteiger partial charge in [-0.25, -0.2) is 0 Å². The normalized spacial score (nSPS) is 11.1. The lowest BCUT2D eigenvalue weighted by atomic mass is 10.0. The third-order valence-corrected chi connectivity index (χ3v) is 6.47. The Morgan fingerprint density at radius 1 is 1.00 bits per heavy atom. The molecule has 0 saturated carbocycles. The van der Waals surface area contributed by atoms with Crippen LogP contribution in [0.4, 0.5) is 5.69 Å². The number of hydrogen-bond donors (Lipinski definition) is 1. The van der Waals surface area contributed by atoms with Gasteiger partial charge >= 0.3 is 0 Å². The molecule has 0 saturated heterocycles. The molecule has 2 aromatic heterocycles. The SMILES string of the molecule is Cc1nn(Cc2cccc(C(=O)Nc3cnn(Cc4cccc5ccccc45)c3)c2)c(C)c1Cl. The molecule has 5 aromatic rings. The number of halogens is 1. The van der Waals surface area contributed by atoms with Crippen LogP contribution in [0.15, 0.2) is 79.1 Å². The molecular formula is C27H24ClN5O. The average molecular weight is 470 g/mol. The van der Waals surface area contributed by atoms with E-state index in [1.165, 1.54) is 16.3 Å². The fourth-order valence-corrected chi connectivity index (χ4v) is 4.27. The van der Waals surface area contributed by atoms with Gasteiger partial charge in [-0.1, -0.05) is 66.2 Å². The first-order valence-corrected chi connectivity index (χ1v) is 11.4. The predicted octanol–water partition coefficient (Wildman–Crippen LogP) is 5.85. The summed E-state index contributed by atoms with van der Waals surface area (Å²) in [5.41, 5.74) is 5.09. The highest BCUT2D eigenvalue weighted by Gasteiger charge is 2.12. The van der Waals surface area contributed by atoms with Gasteiger partial charge < -0.3 is 5.32 Å². The van der Waals surface area contributed by atoms with Gasteiger partial charge in [-0.3, -0.25) is 14.2 Å². The van der Waals surface area contributed by atoms with E-state index in [0.29, 0.717) is 29.4 Å². The molecular weight excluding hydrogens is 446 g/mol. The van der Waals surface area contributed by atoms with Crippen molar-refractivity contribution in [2.24, 2.45) is 0 Å². The van der Waals surface area contributed by atoms with Gasteiger partial charge in [0, 0.05) is 11.8 Å². The first kappa shape index (κ1) is 21.9. The minimum atomic E-state index is -0.182. The van der Waals surface area contributed by atoms with Crippen LogP contribution in [-0.2, 0) is 13.1 Å². The number of aromatic nitrogens is 4. The minimum absolute atomic E-state index is 0.182. The van der Waals surface area contributed by atoms with Gasteiger partial charge in [0.15, 0.2) is 0 Å². The van der Waals surface area contributed by atoms with Crippen molar-refractivity contribution in [3.05, 3.63) is 112 Å². The number of amides is 1. The van der Waals surface area contributed by atoms with Crippen LogP contribution in [0.25, 0.3) is 10.8 Å². The molecule has 1 N–H and O–H groups in total. The minimum Gasteiger partial charge on any atom is -0.319 e. The molecule has 34 heavy (non-hydrogen) atoms. The lowest BCUT2D eigenvalue weighted by Gasteiger charge is -2.08. The van der Waals surface area contributed by atoms with Gasteiger partial charge in [0.2, 0.25) is 0 Å². The van der Waals surface area contributed by atoms with Crippen LogP contribution in [0, 0.1) is 13.8 Å². The summed E-state index contributed by atoms with van der Waals surface area (Å²) >= 11 is 6.26. The highest BCUT2D eigenvalue weighted by Crippen LogP contribution is 2.21. The van der Waals surface area contributed by atoms with Crippen LogP contribution in [0.1, 0.15) is 32.9 Å². The van der Waals surface area contributed by atoms with E-state index in [0.717, 1.165) is 17.0 Å². The van der Waals surface area contributed by atoms with Crippen LogP contribution in [0.3, 0.4) is 0 Å². The number of carbonyl (C=O) groups is 1. The van der Waals surface area contributed by atoms with E-state index in [1.807, 2.05) is 59.7 Å². The number of anilines is 1. The number of nitrogens with zero attached hydrogens (tertiary/aromatic N) is 4. The van der Waals surface area contributed by atoms with E-state index >= 15 is 0 Å². The second-order valence-corrected chi connectivity index (χ2v) is 8.74. The number of carbonyl (C=O) groups excluding carboxylic acids is 1. The summed E-state index contributed by atoms with van der Waals surface area (Å²) in [6.45, 7) is 4.99. The molecule has 0 bridgehead atoms. The van der Waals surface area contributed by atoms with Crippen molar-refractivity contribution in [2.45, 2.75) is 26.9 Å². The summed E-state index contributed by atoms with van der Waals surface area (Å²) in [4.78, 5) is 12.9. The van der Waals surface area contributed by atoms with Gasteiger partial charge in [0.05, 0.1) is 41.4 Å². The lowest BCUT2D eigenvalue weighted by Crippen LogP contribution is -2.12. The van der Waals surface area contributed by atoms with Gasteiger partial charge in [-0.15, -0.1) is 0 Å². The number of hydrogen-bond acceptors (Lipinski definition) is 3.